The first kappa shape index (κ1) is 10.9. The van der Waals surface area contributed by atoms with Crippen molar-refractivity contribution in [1.29, 1.82) is 0 Å². The highest BCUT2D eigenvalue weighted by atomic mass is 35.5. The van der Waals surface area contributed by atoms with Gasteiger partial charge in [-0.15, -0.1) is 0 Å². The SMILES string of the molecule is Nc1cc(Cl)c2c(c1)[nH]c(=O)n2-c1ccccc1. The van der Waals surface area contributed by atoms with E-state index in [-0.39, 0.29) is 5.69 Å². The number of imidazole rings is 1. The molecule has 90 valence electrons. The summed E-state index contributed by atoms with van der Waals surface area (Å²) in [6.07, 6.45) is 0. The van der Waals surface area contributed by atoms with Gasteiger partial charge in [-0.1, -0.05) is 29.8 Å². The zero-order valence-electron chi connectivity index (χ0n) is 9.35. The van der Waals surface area contributed by atoms with Crippen molar-refractivity contribution in [1.82, 2.24) is 9.55 Å². The van der Waals surface area contributed by atoms with E-state index in [0.29, 0.717) is 21.7 Å². The van der Waals surface area contributed by atoms with Crippen molar-refractivity contribution in [2.75, 3.05) is 5.73 Å². The van der Waals surface area contributed by atoms with E-state index in [0.717, 1.165) is 5.69 Å². The summed E-state index contributed by atoms with van der Waals surface area (Å²) >= 11 is 6.17. The fourth-order valence-corrected chi connectivity index (χ4v) is 2.35. The van der Waals surface area contributed by atoms with Gasteiger partial charge in [-0.3, -0.25) is 4.57 Å². The van der Waals surface area contributed by atoms with Crippen LogP contribution < -0.4 is 11.4 Å². The van der Waals surface area contributed by atoms with Gasteiger partial charge in [0, 0.05) is 5.69 Å². The number of para-hydroxylation sites is 1. The Balaban J connectivity index is 2.44. The zero-order valence-corrected chi connectivity index (χ0v) is 10.1. The van der Waals surface area contributed by atoms with Gasteiger partial charge in [0.15, 0.2) is 0 Å². The first-order valence-electron chi connectivity index (χ1n) is 5.42. The average Bonchev–Trinajstić information content (AvgIpc) is 2.66. The number of H-pyrrole nitrogens is 1. The number of hydrogen-bond donors (Lipinski definition) is 2. The Bertz CT molecular complexity index is 774. The monoisotopic (exact) mass is 259 g/mol. The molecular weight excluding hydrogens is 250 g/mol. The van der Waals surface area contributed by atoms with Crippen LogP contribution in [-0.2, 0) is 0 Å². The minimum absolute atomic E-state index is 0.233. The van der Waals surface area contributed by atoms with Crippen molar-refractivity contribution in [3.63, 3.8) is 0 Å². The molecule has 2 aromatic carbocycles. The highest BCUT2D eigenvalue weighted by Crippen LogP contribution is 2.26. The largest absolute Gasteiger partial charge is 0.399 e. The molecule has 0 saturated heterocycles. The second-order valence-electron chi connectivity index (χ2n) is 4.00. The summed E-state index contributed by atoms with van der Waals surface area (Å²) in [4.78, 5) is 14.8. The fraction of sp³-hybridized carbons (Fsp3) is 0. The summed E-state index contributed by atoms with van der Waals surface area (Å²) in [6, 6.07) is 12.7. The van der Waals surface area contributed by atoms with Crippen molar-refractivity contribution in [2.45, 2.75) is 0 Å². The smallest absolute Gasteiger partial charge is 0.331 e. The van der Waals surface area contributed by atoms with E-state index in [1.165, 1.54) is 4.57 Å². The van der Waals surface area contributed by atoms with Crippen LogP contribution in [0.4, 0.5) is 5.69 Å². The first-order chi connectivity index (χ1) is 8.66. The lowest BCUT2D eigenvalue weighted by atomic mass is 10.2. The molecule has 4 nitrogen and oxygen atoms in total. The number of nitrogens with zero attached hydrogens (tertiary/aromatic N) is 1. The Kier molecular flexibility index (Phi) is 2.38. The van der Waals surface area contributed by atoms with Gasteiger partial charge in [0.1, 0.15) is 0 Å². The molecule has 1 heterocycles. The third-order valence-electron chi connectivity index (χ3n) is 2.77. The number of hydrogen-bond acceptors (Lipinski definition) is 2. The van der Waals surface area contributed by atoms with Crippen LogP contribution in [0.3, 0.4) is 0 Å². The Morgan fingerprint density at radius 1 is 1.17 bits per heavy atom. The van der Waals surface area contributed by atoms with E-state index in [1.807, 2.05) is 30.3 Å². The molecule has 3 aromatic rings. The molecular formula is C13H10ClN3O. The van der Waals surface area contributed by atoms with Crippen LogP contribution in [0.2, 0.25) is 5.02 Å². The van der Waals surface area contributed by atoms with Crippen LogP contribution in [0.5, 0.6) is 0 Å². The van der Waals surface area contributed by atoms with Gasteiger partial charge >= 0.3 is 5.69 Å². The molecule has 0 unspecified atom stereocenters. The van der Waals surface area contributed by atoms with Crippen molar-refractivity contribution in [3.05, 3.63) is 58.0 Å². The Hall–Kier alpha value is -2.20. The van der Waals surface area contributed by atoms with Crippen LogP contribution >= 0.6 is 11.6 Å². The molecule has 0 fully saturated rings. The summed E-state index contributed by atoms with van der Waals surface area (Å²) in [5.74, 6) is 0. The van der Waals surface area contributed by atoms with E-state index >= 15 is 0 Å². The lowest BCUT2D eigenvalue weighted by molar-refractivity contribution is 1.02. The Morgan fingerprint density at radius 3 is 2.61 bits per heavy atom. The number of nitrogen functional groups attached to an aromatic ring is 1. The quantitative estimate of drug-likeness (QED) is 0.660. The molecule has 0 atom stereocenters. The molecule has 0 bridgehead atoms. The standard InChI is InChI=1S/C13H10ClN3O/c14-10-6-8(15)7-11-12(10)17(13(18)16-11)9-4-2-1-3-5-9/h1-7H,15H2,(H,16,18). The molecule has 1 aromatic heterocycles. The number of rotatable bonds is 1. The van der Waals surface area contributed by atoms with Crippen molar-refractivity contribution in [2.24, 2.45) is 0 Å². The predicted molar refractivity (Wildman–Crippen MR) is 73.3 cm³/mol. The molecule has 0 amide bonds. The first-order valence-corrected chi connectivity index (χ1v) is 5.80. The van der Waals surface area contributed by atoms with Gasteiger partial charge in [0.05, 0.1) is 21.7 Å². The normalized spacial score (nSPS) is 10.9. The van der Waals surface area contributed by atoms with E-state index in [2.05, 4.69) is 4.98 Å². The number of nitrogens with one attached hydrogen (secondary N) is 1. The highest BCUT2D eigenvalue weighted by Gasteiger charge is 2.12. The van der Waals surface area contributed by atoms with Crippen LogP contribution in [0.25, 0.3) is 16.7 Å². The molecule has 18 heavy (non-hydrogen) atoms. The third-order valence-corrected chi connectivity index (χ3v) is 3.06. The molecule has 0 aliphatic heterocycles. The number of halogens is 1. The maximum Gasteiger partial charge on any atom is 0.331 e. The summed E-state index contributed by atoms with van der Waals surface area (Å²) in [5, 5.41) is 0.451. The maximum atomic E-state index is 12.0. The van der Waals surface area contributed by atoms with Gasteiger partial charge in [-0.05, 0) is 24.3 Å². The fourth-order valence-electron chi connectivity index (χ4n) is 2.04. The summed E-state index contributed by atoms with van der Waals surface area (Å²) in [5.41, 5.74) is 8.03. The van der Waals surface area contributed by atoms with Crippen molar-refractivity contribution >= 4 is 28.3 Å². The summed E-state index contributed by atoms with van der Waals surface area (Å²) < 4.78 is 1.54. The third kappa shape index (κ3) is 1.58. The van der Waals surface area contributed by atoms with E-state index in [9.17, 15) is 4.79 Å². The lowest BCUT2D eigenvalue weighted by Gasteiger charge is -2.04. The summed E-state index contributed by atoms with van der Waals surface area (Å²) in [7, 11) is 0. The van der Waals surface area contributed by atoms with Crippen molar-refractivity contribution in [3.8, 4) is 5.69 Å². The van der Waals surface area contributed by atoms with Crippen molar-refractivity contribution < 1.29 is 0 Å². The number of nitrogens with two attached hydrogens (primary N) is 1. The Labute approximate surface area is 108 Å². The molecule has 0 spiro atoms. The molecule has 0 aliphatic rings. The van der Waals surface area contributed by atoms with Gasteiger partial charge in [-0.25, -0.2) is 4.79 Å². The average molecular weight is 260 g/mol. The molecule has 0 aliphatic carbocycles. The number of benzene rings is 2. The maximum absolute atomic E-state index is 12.0. The minimum Gasteiger partial charge on any atom is -0.399 e. The second-order valence-corrected chi connectivity index (χ2v) is 4.41. The number of anilines is 1. The number of aromatic nitrogens is 2. The molecule has 0 radical (unpaired) electrons. The van der Waals surface area contributed by atoms with Crippen LogP contribution in [0.15, 0.2) is 47.3 Å². The zero-order chi connectivity index (χ0) is 12.7. The van der Waals surface area contributed by atoms with Gasteiger partial charge in [0.2, 0.25) is 0 Å². The molecule has 3 N–H and O–H groups in total. The number of fused-ring (bicyclic) bond motifs is 1. The van der Waals surface area contributed by atoms with Crippen LogP contribution in [0, 0.1) is 0 Å². The highest BCUT2D eigenvalue weighted by molar-refractivity contribution is 6.35. The van der Waals surface area contributed by atoms with Crippen LogP contribution in [-0.4, -0.2) is 9.55 Å². The molecule has 0 saturated carbocycles. The molecule has 3 rings (SSSR count). The minimum atomic E-state index is -0.233. The van der Waals surface area contributed by atoms with Gasteiger partial charge in [-0.2, -0.15) is 0 Å². The topological polar surface area (TPSA) is 63.8 Å². The van der Waals surface area contributed by atoms with E-state index in [1.54, 1.807) is 12.1 Å². The number of aromatic amines is 1. The Morgan fingerprint density at radius 2 is 1.89 bits per heavy atom. The van der Waals surface area contributed by atoms with Crippen LogP contribution in [0.1, 0.15) is 0 Å². The van der Waals surface area contributed by atoms with E-state index < -0.39 is 0 Å². The molecule has 5 heteroatoms. The van der Waals surface area contributed by atoms with Gasteiger partial charge < -0.3 is 10.7 Å². The van der Waals surface area contributed by atoms with E-state index in [4.69, 9.17) is 17.3 Å². The predicted octanol–water partition coefficient (Wildman–Crippen LogP) is 2.55. The lowest BCUT2D eigenvalue weighted by Crippen LogP contribution is -2.14. The van der Waals surface area contributed by atoms with Gasteiger partial charge in [0.25, 0.3) is 0 Å². The second kappa shape index (κ2) is 3.92. The summed E-state index contributed by atoms with van der Waals surface area (Å²) in [6.45, 7) is 0.